The van der Waals surface area contributed by atoms with Crippen molar-refractivity contribution in [2.45, 2.75) is 46.6 Å². The summed E-state index contributed by atoms with van der Waals surface area (Å²) in [5.74, 6) is 1.01. The van der Waals surface area contributed by atoms with Gasteiger partial charge in [0, 0.05) is 36.4 Å². The SMILES string of the molecule is CC(C)Cn1cc(CCNC(=O)c2ccc(C(C)C)cc2)c2cccnc21. The maximum atomic E-state index is 12.4. The van der Waals surface area contributed by atoms with Gasteiger partial charge in [-0.3, -0.25) is 4.79 Å². The molecule has 0 saturated carbocycles. The average Bonchev–Trinajstić information content (AvgIpc) is 2.99. The molecule has 4 heteroatoms. The van der Waals surface area contributed by atoms with Gasteiger partial charge in [-0.05, 0) is 53.6 Å². The molecule has 0 spiro atoms. The lowest BCUT2D eigenvalue weighted by Gasteiger charge is -2.08. The van der Waals surface area contributed by atoms with Crippen LogP contribution < -0.4 is 5.32 Å². The van der Waals surface area contributed by atoms with Gasteiger partial charge in [0.05, 0.1) is 0 Å². The number of carbonyl (C=O) groups is 1. The monoisotopic (exact) mass is 363 g/mol. The fourth-order valence-corrected chi connectivity index (χ4v) is 3.36. The molecule has 142 valence electrons. The number of carbonyl (C=O) groups excluding carboxylic acids is 1. The Morgan fingerprint density at radius 2 is 1.85 bits per heavy atom. The summed E-state index contributed by atoms with van der Waals surface area (Å²) in [7, 11) is 0. The Hall–Kier alpha value is -2.62. The summed E-state index contributed by atoms with van der Waals surface area (Å²) in [6.07, 6.45) is 4.82. The zero-order valence-corrected chi connectivity index (χ0v) is 16.7. The van der Waals surface area contributed by atoms with Crippen LogP contribution in [0.3, 0.4) is 0 Å². The molecule has 2 heterocycles. The molecule has 0 fully saturated rings. The van der Waals surface area contributed by atoms with Gasteiger partial charge >= 0.3 is 0 Å². The molecule has 4 nitrogen and oxygen atoms in total. The Balaban J connectivity index is 1.65. The number of pyridine rings is 1. The van der Waals surface area contributed by atoms with E-state index in [4.69, 9.17) is 0 Å². The van der Waals surface area contributed by atoms with Gasteiger partial charge in [0.1, 0.15) is 5.65 Å². The molecule has 1 amide bonds. The lowest BCUT2D eigenvalue weighted by Crippen LogP contribution is -2.25. The lowest BCUT2D eigenvalue weighted by atomic mass is 10.0. The van der Waals surface area contributed by atoms with Crippen molar-refractivity contribution in [3.63, 3.8) is 0 Å². The predicted molar refractivity (Wildman–Crippen MR) is 111 cm³/mol. The highest BCUT2D eigenvalue weighted by Gasteiger charge is 2.11. The van der Waals surface area contributed by atoms with Crippen molar-refractivity contribution < 1.29 is 4.79 Å². The third kappa shape index (κ3) is 4.57. The highest BCUT2D eigenvalue weighted by Crippen LogP contribution is 2.21. The second kappa shape index (κ2) is 8.38. The minimum Gasteiger partial charge on any atom is -0.352 e. The smallest absolute Gasteiger partial charge is 0.251 e. The van der Waals surface area contributed by atoms with Crippen molar-refractivity contribution >= 4 is 16.9 Å². The Morgan fingerprint density at radius 3 is 2.52 bits per heavy atom. The number of nitrogens with one attached hydrogen (secondary N) is 1. The molecule has 0 atom stereocenters. The van der Waals surface area contributed by atoms with Crippen LogP contribution in [0.5, 0.6) is 0 Å². The Morgan fingerprint density at radius 1 is 1.11 bits per heavy atom. The zero-order valence-electron chi connectivity index (χ0n) is 16.7. The van der Waals surface area contributed by atoms with Crippen molar-refractivity contribution in [1.29, 1.82) is 0 Å². The Kier molecular flexibility index (Phi) is 5.94. The van der Waals surface area contributed by atoms with Gasteiger partial charge in [0.15, 0.2) is 0 Å². The minimum atomic E-state index is -0.0191. The van der Waals surface area contributed by atoms with Crippen molar-refractivity contribution in [3.8, 4) is 0 Å². The number of benzene rings is 1. The van der Waals surface area contributed by atoms with Gasteiger partial charge in [-0.1, -0.05) is 39.8 Å². The first kappa shape index (κ1) is 19.2. The molecule has 0 aliphatic carbocycles. The number of nitrogens with zero attached hydrogens (tertiary/aromatic N) is 2. The number of hydrogen-bond acceptors (Lipinski definition) is 2. The van der Waals surface area contributed by atoms with Crippen molar-refractivity contribution in [2.24, 2.45) is 5.92 Å². The van der Waals surface area contributed by atoms with Crippen LogP contribution in [0.15, 0.2) is 48.8 Å². The van der Waals surface area contributed by atoms with Crippen LogP contribution in [-0.4, -0.2) is 22.0 Å². The summed E-state index contributed by atoms with van der Waals surface area (Å²) < 4.78 is 2.22. The van der Waals surface area contributed by atoms with Gasteiger partial charge in [-0.25, -0.2) is 4.98 Å². The third-order valence-electron chi connectivity index (χ3n) is 4.80. The number of hydrogen-bond donors (Lipinski definition) is 1. The Labute approximate surface area is 161 Å². The summed E-state index contributed by atoms with van der Waals surface area (Å²) >= 11 is 0. The van der Waals surface area contributed by atoms with Crippen LogP contribution in [0.25, 0.3) is 11.0 Å². The highest BCUT2D eigenvalue weighted by molar-refractivity contribution is 5.94. The van der Waals surface area contributed by atoms with E-state index < -0.39 is 0 Å². The maximum Gasteiger partial charge on any atom is 0.251 e. The van der Waals surface area contributed by atoms with Crippen LogP contribution >= 0.6 is 0 Å². The Bertz CT molecular complexity index is 907. The van der Waals surface area contributed by atoms with Crippen molar-refractivity contribution in [1.82, 2.24) is 14.9 Å². The molecule has 1 aromatic carbocycles. The zero-order chi connectivity index (χ0) is 19.4. The quantitative estimate of drug-likeness (QED) is 0.656. The van der Waals surface area contributed by atoms with E-state index in [0.29, 0.717) is 23.9 Å². The molecule has 0 radical (unpaired) electrons. The molecule has 0 aliphatic rings. The van der Waals surface area contributed by atoms with E-state index in [1.165, 1.54) is 16.5 Å². The largest absolute Gasteiger partial charge is 0.352 e. The molecule has 3 rings (SSSR count). The first-order valence-electron chi connectivity index (χ1n) is 9.76. The van der Waals surface area contributed by atoms with Crippen LogP contribution in [0, 0.1) is 5.92 Å². The normalized spacial score (nSPS) is 11.5. The van der Waals surface area contributed by atoms with E-state index in [2.05, 4.69) is 54.8 Å². The van der Waals surface area contributed by atoms with Crippen molar-refractivity contribution in [2.75, 3.05) is 6.54 Å². The molecule has 0 unspecified atom stereocenters. The topological polar surface area (TPSA) is 46.9 Å². The highest BCUT2D eigenvalue weighted by atomic mass is 16.1. The maximum absolute atomic E-state index is 12.4. The molecule has 0 bridgehead atoms. The fourth-order valence-electron chi connectivity index (χ4n) is 3.36. The molecular weight excluding hydrogens is 334 g/mol. The molecule has 3 aromatic rings. The van der Waals surface area contributed by atoms with Gasteiger partial charge < -0.3 is 9.88 Å². The van der Waals surface area contributed by atoms with Gasteiger partial charge in [-0.15, -0.1) is 0 Å². The number of rotatable bonds is 7. The van der Waals surface area contributed by atoms with Crippen LogP contribution in [-0.2, 0) is 13.0 Å². The summed E-state index contributed by atoms with van der Waals surface area (Å²) in [5.41, 5.74) is 4.21. The first-order valence-corrected chi connectivity index (χ1v) is 9.76. The van der Waals surface area contributed by atoms with Gasteiger partial charge in [0.25, 0.3) is 5.91 Å². The molecular formula is C23H29N3O. The average molecular weight is 364 g/mol. The van der Waals surface area contributed by atoms with Crippen LogP contribution in [0.4, 0.5) is 0 Å². The van der Waals surface area contributed by atoms with Gasteiger partial charge in [0.2, 0.25) is 0 Å². The van der Waals surface area contributed by atoms with E-state index in [-0.39, 0.29) is 5.91 Å². The second-order valence-corrected chi connectivity index (χ2v) is 7.86. The summed E-state index contributed by atoms with van der Waals surface area (Å²) in [6.45, 7) is 10.3. The summed E-state index contributed by atoms with van der Waals surface area (Å²) in [4.78, 5) is 16.9. The van der Waals surface area contributed by atoms with E-state index >= 15 is 0 Å². The third-order valence-corrected chi connectivity index (χ3v) is 4.80. The lowest BCUT2D eigenvalue weighted by molar-refractivity contribution is 0.0954. The van der Waals surface area contributed by atoms with E-state index in [1.54, 1.807) is 0 Å². The molecule has 27 heavy (non-hydrogen) atoms. The second-order valence-electron chi connectivity index (χ2n) is 7.86. The summed E-state index contributed by atoms with van der Waals surface area (Å²) in [6, 6.07) is 12.0. The van der Waals surface area contributed by atoms with E-state index in [0.717, 1.165) is 18.6 Å². The van der Waals surface area contributed by atoms with Crippen LogP contribution in [0.2, 0.25) is 0 Å². The molecule has 0 aliphatic heterocycles. The molecule has 1 N–H and O–H groups in total. The van der Waals surface area contributed by atoms with E-state index in [9.17, 15) is 4.79 Å². The molecule has 2 aromatic heterocycles. The standard InChI is InChI=1S/C23H29N3O/c1-16(2)14-26-15-20(21-6-5-12-24-22(21)26)11-13-25-23(27)19-9-7-18(8-10-19)17(3)4/h5-10,12,15-17H,11,13-14H2,1-4H3,(H,25,27). The summed E-state index contributed by atoms with van der Waals surface area (Å²) in [5, 5.41) is 4.22. The fraction of sp³-hybridized carbons (Fsp3) is 0.391. The first-order chi connectivity index (χ1) is 13.0. The van der Waals surface area contributed by atoms with Crippen molar-refractivity contribution in [3.05, 3.63) is 65.5 Å². The minimum absolute atomic E-state index is 0.0191. The number of amides is 1. The molecule has 0 saturated heterocycles. The predicted octanol–water partition coefficient (Wildman–Crippen LogP) is 4.79. The number of fused-ring (bicyclic) bond motifs is 1. The van der Waals surface area contributed by atoms with E-state index in [1.807, 2.05) is 36.5 Å². The number of aromatic nitrogens is 2. The van der Waals surface area contributed by atoms with Crippen LogP contribution in [0.1, 0.15) is 55.1 Å². The van der Waals surface area contributed by atoms with Gasteiger partial charge in [-0.2, -0.15) is 0 Å².